The van der Waals surface area contributed by atoms with E-state index in [2.05, 4.69) is 4.90 Å². The summed E-state index contributed by atoms with van der Waals surface area (Å²) in [5, 5.41) is 0. The molecule has 0 unspecified atom stereocenters. The fraction of sp³-hybridized carbons (Fsp3) is 0.353. The van der Waals surface area contributed by atoms with Gasteiger partial charge < -0.3 is 14.1 Å². The van der Waals surface area contributed by atoms with Crippen molar-refractivity contribution in [3.63, 3.8) is 0 Å². The highest BCUT2D eigenvalue weighted by molar-refractivity contribution is 5.77. The Labute approximate surface area is 134 Å². The minimum atomic E-state index is -0.455. The van der Waals surface area contributed by atoms with Gasteiger partial charge in [0.05, 0.1) is 12.8 Å². The van der Waals surface area contributed by atoms with Crippen LogP contribution in [0.5, 0.6) is 5.75 Å². The van der Waals surface area contributed by atoms with E-state index >= 15 is 0 Å². The molecular weight excluding hydrogens is 299 g/mol. The largest absolute Gasteiger partial charge is 0.481 e. The van der Waals surface area contributed by atoms with E-state index < -0.39 is 5.82 Å². The molecule has 1 aromatic carbocycles. The summed E-state index contributed by atoms with van der Waals surface area (Å²) in [5.74, 6) is 0.458. The molecule has 2 aromatic rings. The van der Waals surface area contributed by atoms with Crippen LogP contribution in [0.4, 0.5) is 4.39 Å². The average Bonchev–Trinajstić information content (AvgIpc) is 3.07. The lowest BCUT2D eigenvalue weighted by atomic mass is 10.3. The molecule has 0 bridgehead atoms. The van der Waals surface area contributed by atoms with Crippen molar-refractivity contribution in [3.05, 3.63) is 54.2 Å². The van der Waals surface area contributed by atoms with Crippen LogP contribution in [0.2, 0.25) is 0 Å². The van der Waals surface area contributed by atoms with Gasteiger partial charge in [0.25, 0.3) is 5.91 Å². The molecule has 1 amide bonds. The van der Waals surface area contributed by atoms with Gasteiger partial charge in [-0.2, -0.15) is 0 Å². The highest BCUT2D eigenvalue weighted by Crippen LogP contribution is 2.15. The van der Waals surface area contributed by atoms with Gasteiger partial charge in [-0.1, -0.05) is 12.1 Å². The molecule has 2 heterocycles. The Bertz CT molecular complexity index is 637. The molecule has 23 heavy (non-hydrogen) atoms. The van der Waals surface area contributed by atoms with Crippen LogP contribution < -0.4 is 4.74 Å². The van der Waals surface area contributed by atoms with E-state index in [0.717, 1.165) is 25.4 Å². The number of rotatable bonds is 5. The summed E-state index contributed by atoms with van der Waals surface area (Å²) in [6.45, 7) is 3.46. The first-order valence-corrected chi connectivity index (χ1v) is 7.62. The number of ether oxygens (including phenoxy) is 1. The van der Waals surface area contributed by atoms with E-state index in [1.165, 1.54) is 12.1 Å². The summed E-state index contributed by atoms with van der Waals surface area (Å²) >= 11 is 0. The molecule has 0 atom stereocenters. The molecule has 1 fully saturated rings. The molecule has 1 aliphatic heterocycles. The van der Waals surface area contributed by atoms with Crippen molar-refractivity contribution >= 4 is 5.91 Å². The summed E-state index contributed by atoms with van der Waals surface area (Å²) in [4.78, 5) is 16.1. The minimum Gasteiger partial charge on any atom is -0.481 e. The Hall–Kier alpha value is -2.34. The molecule has 6 heteroatoms. The lowest BCUT2D eigenvalue weighted by Crippen LogP contribution is -2.49. The summed E-state index contributed by atoms with van der Waals surface area (Å²) in [7, 11) is 0. The smallest absolute Gasteiger partial charge is 0.260 e. The van der Waals surface area contributed by atoms with Crippen LogP contribution >= 0.6 is 0 Å². The maximum atomic E-state index is 13.4. The molecule has 0 spiro atoms. The van der Waals surface area contributed by atoms with Crippen molar-refractivity contribution < 1.29 is 18.3 Å². The second-order valence-electron chi connectivity index (χ2n) is 5.46. The quantitative estimate of drug-likeness (QED) is 0.847. The van der Waals surface area contributed by atoms with Crippen LogP contribution in [0.25, 0.3) is 0 Å². The molecule has 0 saturated carbocycles. The first-order valence-electron chi connectivity index (χ1n) is 7.62. The summed E-state index contributed by atoms with van der Waals surface area (Å²) in [6, 6.07) is 9.91. The molecule has 0 aliphatic carbocycles. The van der Waals surface area contributed by atoms with E-state index in [1.807, 2.05) is 12.1 Å². The van der Waals surface area contributed by atoms with Crippen molar-refractivity contribution in [2.45, 2.75) is 6.54 Å². The highest BCUT2D eigenvalue weighted by atomic mass is 19.1. The number of hydrogen-bond donors (Lipinski definition) is 0. The predicted molar refractivity (Wildman–Crippen MR) is 82.5 cm³/mol. The lowest BCUT2D eigenvalue weighted by Gasteiger charge is -2.34. The topological polar surface area (TPSA) is 45.9 Å². The summed E-state index contributed by atoms with van der Waals surface area (Å²) < 4.78 is 24.0. The van der Waals surface area contributed by atoms with Crippen LogP contribution in [-0.4, -0.2) is 48.5 Å². The third kappa shape index (κ3) is 4.10. The second kappa shape index (κ2) is 7.28. The predicted octanol–water partition coefficient (Wildman–Crippen LogP) is 2.14. The Morgan fingerprint density at radius 3 is 2.61 bits per heavy atom. The van der Waals surface area contributed by atoms with E-state index in [4.69, 9.17) is 9.15 Å². The minimum absolute atomic E-state index is 0.109. The number of carbonyl (C=O) groups is 1. The second-order valence-corrected chi connectivity index (χ2v) is 5.46. The van der Waals surface area contributed by atoms with Gasteiger partial charge in [0.2, 0.25) is 0 Å². The fourth-order valence-electron chi connectivity index (χ4n) is 2.57. The third-order valence-electron chi connectivity index (χ3n) is 3.87. The highest BCUT2D eigenvalue weighted by Gasteiger charge is 2.22. The fourth-order valence-corrected chi connectivity index (χ4v) is 2.57. The number of furan rings is 1. The van der Waals surface area contributed by atoms with Crippen molar-refractivity contribution in [2.24, 2.45) is 0 Å². The maximum absolute atomic E-state index is 13.4. The molecule has 0 N–H and O–H groups in total. The van der Waals surface area contributed by atoms with Crippen LogP contribution in [0.1, 0.15) is 5.76 Å². The van der Waals surface area contributed by atoms with E-state index in [9.17, 15) is 9.18 Å². The van der Waals surface area contributed by atoms with Gasteiger partial charge in [-0.3, -0.25) is 9.69 Å². The van der Waals surface area contributed by atoms with Crippen LogP contribution in [-0.2, 0) is 11.3 Å². The van der Waals surface area contributed by atoms with E-state index in [1.54, 1.807) is 23.3 Å². The first-order chi connectivity index (χ1) is 11.2. The number of hydrogen-bond acceptors (Lipinski definition) is 4. The number of halogens is 1. The standard InChI is InChI=1S/C17H19FN2O3/c18-15-5-1-2-6-16(15)23-13-17(21)20-9-7-19(8-10-20)12-14-4-3-11-22-14/h1-6,11H,7-10,12-13H2. The van der Waals surface area contributed by atoms with Gasteiger partial charge in [0, 0.05) is 26.2 Å². The van der Waals surface area contributed by atoms with Gasteiger partial charge in [0.15, 0.2) is 18.2 Å². The van der Waals surface area contributed by atoms with Crippen LogP contribution in [0.3, 0.4) is 0 Å². The molecular formula is C17H19FN2O3. The van der Waals surface area contributed by atoms with E-state index in [-0.39, 0.29) is 18.3 Å². The summed E-state index contributed by atoms with van der Waals surface area (Å²) in [5.41, 5.74) is 0. The van der Waals surface area contributed by atoms with Crippen molar-refractivity contribution in [3.8, 4) is 5.75 Å². The lowest BCUT2D eigenvalue weighted by molar-refractivity contribution is -0.135. The average molecular weight is 318 g/mol. The van der Waals surface area contributed by atoms with Gasteiger partial charge in [0.1, 0.15) is 5.76 Å². The zero-order chi connectivity index (χ0) is 16.1. The molecule has 1 aliphatic rings. The van der Waals surface area contributed by atoms with Crippen molar-refractivity contribution in [1.29, 1.82) is 0 Å². The van der Waals surface area contributed by atoms with Crippen LogP contribution in [0, 0.1) is 5.82 Å². The number of amides is 1. The zero-order valence-corrected chi connectivity index (χ0v) is 12.8. The SMILES string of the molecule is O=C(COc1ccccc1F)N1CCN(Cc2ccco2)CC1. The molecule has 0 radical (unpaired) electrons. The number of carbonyl (C=O) groups excluding carboxylic acids is 1. The Balaban J connectivity index is 1.44. The van der Waals surface area contributed by atoms with Gasteiger partial charge in [-0.25, -0.2) is 4.39 Å². The Morgan fingerprint density at radius 1 is 1.13 bits per heavy atom. The van der Waals surface area contributed by atoms with Crippen molar-refractivity contribution in [1.82, 2.24) is 9.80 Å². The summed E-state index contributed by atoms with van der Waals surface area (Å²) in [6.07, 6.45) is 1.66. The van der Waals surface area contributed by atoms with E-state index in [0.29, 0.717) is 13.1 Å². The number of nitrogens with zero attached hydrogens (tertiary/aromatic N) is 2. The third-order valence-corrected chi connectivity index (χ3v) is 3.87. The monoisotopic (exact) mass is 318 g/mol. The molecule has 122 valence electrons. The zero-order valence-electron chi connectivity index (χ0n) is 12.8. The van der Waals surface area contributed by atoms with Crippen LogP contribution in [0.15, 0.2) is 47.1 Å². The Kier molecular flexibility index (Phi) is 4.92. The van der Waals surface area contributed by atoms with Crippen molar-refractivity contribution in [2.75, 3.05) is 32.8 Å². The van der Waals surface area contributed by atoms with Gasteiger partial charge in [-0.15, -0.1) is 0 Å². The molecule has 5 nitrogen and oxygen atoms in total. The number of piperazine rings is 1. The Morgan fingerprint density at radius 2 is 1.91 bits per heavy atom. The first kappa shape index (κ1) is 15.6. The molecule has 1 aromatic heterocycles. The molecule has 3 rings (SSSR count). The number of benzene rings is 1. The maximum Gasteiger partial charge on any atom is 0.260 e. The van der Waals surface area contributed by atoms with Gasteiger partial charge >= 0.3 is 0 Å². The molecule has 1 saturated heterocycles. The normalized spacial score (nSPS) is 15.6. The van der Waals surface area contributed by atoms with Gasteiger partial charge in [-0.05, 0) is 24.3 Å². The number of para-hydroxylation sites is 1.